The van der Waals surface area contributed by atoms with Gasteiger partial charge in [-0.3, -0.25) is 0 Å². The Kier molecular flexibility index (Phi) is 5.57. The topological polar surface area (TPSA) is 44.8 Å². The van der Waals surface area contributed by atoms with Gasteiger partial charge in [-0.15, -0.1) is 0 Å². The van der Waals surface area contributed by atoms with Crippen LogP contribution in [0.1, 0.15) is 35.7 Å². The summed E-state index contributed by atoms with van der Waals surface area (Å²) in [5.41, 5.74) is 1.000. The van der Waals surface area contributed by atoms with Crippen LogP contribution in [0, 0.1) is 18.2 Å². The lowest BCUT2D eigenvalue weighted by Gasteiger charge is -2.41. The number of halogens is 1. The van der Waals surface area contributed by atoms with Crippen molar-refractivity contribution in [3.8, 4) is 11.5 Å². The summed E-state index contributed by atoms with van der Waals surface area (Å²) in [4.78, 5) is 12.2. The number of hydrogen-bond donors (Lipinski definition) is 0. The van der Waals surface area contributed by atoms with Crippen molar-refractivity contribution in [2.45, 2.75) is 26.7 Å². The van der Waals surface area contributed by atoms with Crippen molar-refractivity contribution in [3.63, 3.8) is 0 Å². The second kappa shape index (κ2) is 7.87. The van der Waals surface area contributed by atoms with Crippen LogP contribution >= 0.6 is 0 Å². The van der Waals surface area contributed by atoms with E-state index in [2.05, 4.69) is 6.92 Å². The number of benzene rings is 2. The lowest BCUT2D eigenvalue weighted by Crippen LogP contribution is -2.47. The van der Waals surface area contributed by atoms with Gasteiger partial charge in [-0.25, -0.2) is 9.18 Å². The molecule has 1 aliphatic heterocycles. The summed E-state index contributed by atoms with van der Waals surface area (Å²) < 4.78 is 30.0. The van der Waals surface area contributed by atoms with E-state index >= 15 is 0 Å². The minimum atomic E-state index is -0.533. The van der Waals surface area contributed by atoms with Gasteiger partial charge < -0.3 is 14.2 Å². The highest BCUT2D eigenvalue weighted by atomic mass is 19.1. The quantitative estimate of drug-likeness (QED) is 0.538. The lowest BCUT2D eigenvalue weighted by atomic mass is 9.82. The van der Waals surface area contributed by atoms with Gasteiger partial charge in [-0.05, 0) is 49.2 Å². The maximum atomic E-state index is 13.5. The monoisotopic (exact) mass is 358 g/mol. The molecule has 0 unspecified atom stereocenters. The maximum Gasteiger partial charge on any atom is 0.343 e. The minimum Gasteiger partial charge on any atom is -0.493 e. The van der Waals surface area contributed by atoms with E-state index in [4.69, 9.17) is 14.2 Å². The van der Waals surface area contributed by atoms with Crippen molar-refractivity contribution in [2.24, 2.45) is 5.41 Å². The fraction of sp³-hybridized carbons (Fsp3) is 0.381. The van der Waals surface area contributed by atoms with E-state index < -0.39 is 11.8 Å². The van der Waals surface area contributed by atoms with E-state index in [1.807, 2.05) is 0 Å². The molecule has 1 heterocycles. The van der Waals surface area contributed by atoms with Gasteiger partial charge in [-0.1, -0.05) is 19.4 Å². The predicted octanol–water partition coefficient (Wildman–Crippen LogP) is 4.55. The molecule has 138 valence electrons. The zero-order valence-corrected chi connectivity index (χ0v) is 15.1. The van der Waals surface area contributed by atoms with Crippen molar-refractivity contribution in [2.75, 3.05) is 19.8 Å². The highest BCUT2D eigenvalue weighted by molar-refractivity contribution is 5.91. The average molecular weight is 358 g/mol. The first-order valence-corrected chi connectivity index (χ1v) is 8.80. The second-order valence-electron chi connectivity index (χ2n) is 6.86. The molecule has 1 aliphatic rings. The Bertz CT molecular complexity index is 766. The number of aryl methyl sites for hydroxylation is 1. The van der Waals surface area contributed by atoms with E-state index in [9.17, 15) is 9.18 Å². The average Bonchev–Trinajstić information content (AvgIpc) is 2.61. The number of rotatable bonds is 7. The summed E-state index contributed by atoms with van der Waals surface area (Å²) in [5.74, 6) is -0.0510. The summed E-state index contributed by atoms with van der Waals surface area (Å²) in [6, 6.07) is 11.1. The Balaban J connectivity index is 1.58. The smallest absolute Gasteiger partial charge is 0.343 e. The predicted molar refractivity (Wildman–Crippen MR) is 96.2 cm³/mol. The first-order chi connectivity index (χ1) is 12.5. The van der Waals surface area contributed by atoms with E-state index in [-0.39, 0.29) is 11.2 Å². The van der Waals surface area contributed by atoms with Crippen molar-refractivity contribution in [1.29, 1.82) is 0 Å². The number of carbonyl (C=O) groups excluding carboxylic acids is 1. The lowest BCUT2D eigenvalue weighted by molar-refractivity contribution is -0.136. The molecule has 0 radical (unpaired) electrons. The van der Waals surface area contributed by atoms with Crippen LogP contribution in [0.5, 0.6) is 11.5 Å². The van der Waals surface area contributed by atoms with Crippen LogP contribution in [0.25, 0.3) is 0 Å². The first-order valence-electron chi connectivity index (χ1n) is 8.80. The Morgan fingerprint density at radius 2 is 1.85 bits per heavy atom. The fourth-order valence-corrected chi connectivity index (χ4v) is 2.95. The van der Waals surface area contributed by atoms with Crippen LogP contribution in [-0.2, 0) is 4.74 Å². The van der Waals surface area contributed by atoms with E-state index in [0.29, 0.717) is 23.5 Å². The van der Waals surface area contributed by atoms with Crippen LogP contribution in [0.15, 0.2) is 42.5 Å². The summed E-state index contributed by atoms with van der Waals surface area (Å²) in [6.45, 7) is 5.88. The molecule has 2 aromatic rings. The minimum absolute atomic E-state index is 0.113. The standard InChI is InChI=1S/C21H23FO4/c1-3-10-21(12-24-13-21)14-25-17-8-5-16(6-9-17)20(23)26-18-7-4-15(2)19(22)11-18/h4-9,11H,3,10,12-14H2,1-2H3. The molecule has 1 fully saturated rings. The van der Waals surface area contributed by atoms with Gasteiger partial charge in [0.2, 0.25) is 0 Å². The summed E-state index contributed by atoms with van der Waals surface area (Å²) in [5, 5.41) is 0. The molecule has 0 aliphatic carbocycles. The zero-order chi connectivity index (χ0) is 18.6. The van der Waals surface area contributed by atoms with Crippen LogP contribution < -0.4 is 9.47 Å². The molecule has 5 heteroatoms. The van der Waals surface area contributed by atoms with Crippen LogP contribution in [0.4, 0.5) is 4.39 Å². The van der Waals surface area contributed by atoms with Gasteiger partial charge in [0.25, 0.3) is 0 Å². The largest absolute Gasteiger partial charge is 0.493 e. The van der Waals surface area contributed by atoms with E-state index in [1.54, 1.807) is 43.3 Å². The fourth-order valence-electron chi connectivity index (χ4n) is 2.95. The molecular formula is C21H23FO4. The SMILES string of the molecule is CCCC1(COc2ccc(C(=O)Oc3ccc(C)c(F)c3)cc2)COC1. The van der Waals surface area contributed by atoms with Crippen molar-refractivity contribution in [3.05, 3.63) is 59.4 Å². The molecule has 0 saturated carbocycles. The molecule has 0 atom stereocenters. The van der Waals surface area contributed by atoms with Gasteiger partial charge in [0.1, 0.15) is 17.3 Å². The third kappa shape index (κ3) is 4.22. The van der Waals surface area contributed by atoms with Gasteiger partial charge >= 0.3 is 5.97 Å². The summed E-state index contributed by atoms with van der Waals surface area (Å²) in [6.07, 6.45) is 2.17. The van der Waals surface area contributed by atoms with Gasteiger partial charge in [0, 0.05) is 6.07 Å². The van der Waals surface area contributed by atoms with Gasteiger partial charge in [-0.2, -0.15) is 0 Å². The third-order valence-electron chi connectivity index (χ3n) is 4.59. The molecule has 3 rings (SSSR count). The number of carbonyl (C=O) groups is 1. The molecule has 2 aromatic carbocycles. The van der Waals surface area contributed by atoms with Gasteiger partial charge in [0.15, 0.2) is 0 Å². The molecule has 0 bridgehead atoms. The summed E-state index contributed by atoms with van der Waals surface area (Å²) >= 11 is 0. The number of esters is 1. The van der Waals surface area contributed by atoms with Crippen molar-refractivity contribution in [1.82, 2.24) is 0 Å². The molecule has 0 N–H and O–H groups in total. The Morgan fingerprint density at radius 3 is 2.42 bits per heavy atom. The van der Waals surface area contributed by atoms with E-state index in [1.165, 1.54) is 6.07 Å². The number of hydrogen-bond acceptors (Lipinski definition) is 4. The molecule has 26 heavy (non-hydrogen) atoms. The molecule has 0 aromatic heterocycles. The van der Waals surface area contributed by atoms with E-state index in [0.717, 1.165) is 26.1 Å². The summed E-state index contributed by atoms with van der Waals surface area (Å²) in [7, 11) is 0. The van der Waals surface area contributed by atoms with Gasteiger partial charge in [0.05, 0.1) is 30.8 Å². The maximum absolute atomic E-state index is 13.5. The normalized spacial score (nSPS) is 15.2. The van der Waals surface area contributed by atoms with Crippen LogP contribution in [0.3, 0.4) is 0 Å². The zero-order valence-electron chi connectivity index (χ0n) is 15.1. The Labute approximate surface area is 152 Å². The highest BCUT2D eigenvalue weighted by Crippen LogP contribution is 2.33. The molecule has 0 amide bonds. The highest BCUT2D eigenvalue weighted by Gasteiger charge is 2.38. The molecule has 0 spiro atoms. The Hall–Kier alpha value is -2.40. The Morgan fingerprint density at radius 1 is 1.15 bits per heavy atom. The number of ether oxygens (including phenoxy) is 3. The third-order valence-corrected chi connectivity index (χ3v) is 4.59. The van der Waals surface area contributed by atoms with Crippen molar-refractivity contribution >= 4 is 5.97 Å². The van der Waals surface area contributed by atoms with Crippen LogP contribution in [0.2, 0.25) is 0 Å². The van der Waals surface area contributed by atoms with Crippen molar-refractivity contribution < 1.29 is 23.4 Å². The molecule has 4 nitrogen and oxygen atoms in total. The van der Waals surface area contributed by atoms with Crippen LogP contribution in [-0.4, -0.2) is 25.8 Å². The second-order valence-corrected chi connectivity index (χ2v) is 6.86. The first kappa shape index (κ1) is 18.4. The molecular weight excluding hydrogens is 335 g/mol. The molecule has 1 saturated heterocycles.